The summed E-state index contributed by atoms with van der Waals surface area (Å²) >= 11 is 0. The number of benzene rings is 1. The summed E-state index contributed by atoms with van der Waals surface area (Å²) in [6, 6.07) is 8.07. The van der Waals surface area contributed by atoms with Crippen molar-refractivity contribution in [3.63, 3.8) is 0 Å². The number of hydrogen-bond donors (Lipinski definition) is 1. The van der Waals surface area contributed by atoms with Crippen molar-refractivity contribution in [1.82, 2.24) is 5.32 Å². The molecule has 4 nitrogen and oxygen atoms in total. The van der Waals surface area contributed by atoms with Crippen molar-refractivity contribution in [3.8, 4) is 5.75 Å². The Labute approximate surface area is 113 Å². The fourth-order valence-electron chi connectivity index (χ4n) is 2.68. The van der Waals surface area contributed by atoms with Crippen LogP contribution in [0.2, 0.25) is 0 Å². The Hall–Kier alpha value is -1.55. The maximum atomic E-state index is 6.04. The highest BCUT2D eigenvalue weighted by Gasteiger charge is 2.28. The molecule has 0 bridgehead atoms. The Kier molecular flexibility index (Phi) is 3.69. The van der Waals surface area contributed by atoms with Crippen molar-refractivity contribution >= 4 is 5.90 Å². The van der Waals surface area contributed by atoms with Crippen molar-refractivity contribution in [2.75, 3.05) is 26.7 Å². The van der Waals surface area contributed by atoms with Crippen LogP contribution in [0.15, 0.2) is 29.3 Å². The van der Waals surface area contributed by atoms with E-state index in [0.29, 0.717) is 5.92 Å². The molecule has 1 fully saturated rings. The van der Waals surface area contributed by atoms with Gasteiger partial charge in [-0.1, -0.05) is 12.1 Å². The van der Waals surface area contributed by atoms with Gasteiger partial charge in [0.25, 0.3) is 0 Å². The van der Waals surface area contributed by atoms with E-state index in [1.165, 1.54) is 5.56 Å². The molecule has 2 aliphatic heterocycles. The van der Waals surface area contributed by atoms with Crippen LogP contribution in [0.25, 0.3) is 0 Å². The van der Waals surface area contributed by atoms with E-state index in [9.17, 15) is 0 Å². The van der Waals surface area contributed by atoms with Gasteiger partial charge in [-0.25, -0.2) is 0 Å². The molecular formula is C15H20N2O2. The molecule has 1 N–H and O–H groups in total. The summed E-state index contributed by atoms with van der Waals surface area (Å²) in [5.74, 6) is 2.34. The molecule has 1 aromatic carbocycles. The Morgan fingerprint density at radius 1 is 1.21 bits per heavy atom. The third-order valence-electron chi connectivity index (χ3n) is 3.85. The van der Waals surface area contributed by atoms with Crippen LogP contribution in [0.1, 0.15) is 24.5 Å². The van der Waals surface area contributed by atoms with Gasteiger partial charge in [0.15, 0.2) is 5.90 Å². The van der Waals surface area contributed by atoms with E-state index in [4.69, 9.17) is 9.47 Å². The van der Waals surface area contributed by atoms with Gasteiger partial charge in [-0.05, 0) is 43.6 Å². The highest BCUT2D eigenvalue weighted by Crippen LogP contribution is 2.29. The Balaban J connectivity index is 1.63. The molecule has 0 aromatic heterocycles. The van der Waals surface area contributed by atoms with Crippen molar-refractivity contribution in [1.29, 1.82) is 0 Å². The van der Waals surface area contributed by atoms with Crippen LogP contribution < -0.4 is 10.1 Å². The molecule has 0 spiro atoms. The lowest BCUT2D eigenvalue weighted by Crippen LogP contribution is -2.32. The van der Waals surface area contributed by atoms with E-state index in [1.807, 2.05) is 12.1 Å². The molecule has 3 rings (SSSR count). The highest BCUT2D eigenvalue weighted by molar-refractivity contribution is 5.80. The third-order valence-corrected chi connectivity index (χ3v) is 3.85. The monoisotopic (exact) mass is 260 g/mol. The summed E-state index contributed by atoms with van der Waals surface area (Å²) in [6.07, 6.45) is 2.35. The summed E-state index contributed by atoms with van der Waals surface area (Å²) in [5, 5.41) is 3.37. The molecule has 0 amide bonds. The van der Waals surface area contributed by atoms with Gasteiger partial charge in [0, 0.05) is 5.92 Å². The largest absolute Gasteiger partial charge is 0.497 e. The first kappa shape index (κ1) is 12.5. The van der Waals surface area contributed by atoms with Crippen LogP contribution in [-0.4, -0.2) is 32.6 Å². The molecule has 1 unspecified atom stereocenters. The van der Waals surface area contributed by atoms with Crippen molar-refractivity contribution < 1.29 is 9.47 Å². The number of nitrogens with one attached hydrogen (secondary N) is 1. The number of aliphatic imine (C=N–C) groups is 1. The molecule has 0 aliphatic carbocycles. The Morgan fingerprint density at radius 3 is 2.63 bits per heavy atom. The zero-order chi connectivity index (χ0) is 13.1. The standard InChI is InChI=1S/C15H20N2O2/c1-18-13-4-2-11(3-5-13)14-10-17-15(19-14)12-6-8-16-9-7-12/h2-5,12,14,16H,6-10H2,1H3. The molecular weight excluding hydrogens is 240 g/mol. The number of hydrogen-bond acceptors (Lipinski definition) is 4. The number of methoxy groups -OCH3 is 1. The number of ether oxygens (including phenoxy) is 2. The molecule has 1 saturated heterocycles. The van der Waals surface area contributed by atoms with Crippen LogP contribution in [0, 0.1) is 5.92 Å². The zero-order valence-electron chi connectivity index (χ0n) is 11.3. The minimum absolute atomic E-state index is 0.0794. The van der Waals surface area contributed by atoms with Gasteiger partial charge in [-0.15, -0.1) is 0 Å². The van der Waals surface area contributed by atoms with Crippen LogP contribution in [0.5, 0.6) is 5.75 Å². The lowest BCUT2D eigenvalue weighted by atomic mass is 9.98. The minimum Gasteiger partial charge on any atom is -0.497 e. The Bertz CT molecular complexity index is 450. The minimum atomic E-state index is 0.0794. The molecule has 4 heteroatoms. The van der Waals surface area contributed by atoms with Crippen molar-refractivity contribution in [3.05, 3.63) is 29.8 Å². The van der Waals surface area contributed by atoms with E-state index in [-0.39, 0.29) is 6.10 Å². The number of nitrogens with zero attached hydrogens (tertiary/aromatic N) is 1. The second-order valence-electron chi connectivity index (χ2n) is 5.08. The van der Waals surface area contributed by atoms with Crippen LogP contribution in [0.3, 0.4) is 0 Å². The maximum absolute atomic E-state index is 6.04. The summed E-state index contributed by atoms with van der Waals surface area (Å²) in [5.41, 5.74) is 1.17. The first-order valence-electron chi connectivity index (χ1n) is 6.92. The van der Waals surface area contributed by atoms with E-state index in [0.717, 1.165) is 44.1 Å². The maximum Gasteiger partial charge on any atom is 0.187 e. The van der Waals surface area contributed by atoms with Crippen molar-refractivity contribution in [2.24, 2.45) is 10.9 Å². The smallest absolute Gasteiger partial charge is 0.187 e. The van der Waals surface area contributed by atoms with Gasteiger partial charge >= 0.3 is 0 Å². The molecule has 0 radical (unpaired) electrons. The van der Waals surface area contributed by atoms with Crippen LogP contribution >= 0.6 is 0 Å². The second kappa shape index (κ2) is 5.61. The van der Waals surface area contributed by atoms with Crippen LogP contribution in [-0.2, 0) is 4.74 Å². The summed E-state index contributed by atoms with van der Waals surface area (Å²) in [6.45, 7) is 2.88. The third kappa shape index (κ3) is 2.73. The van der Waals surface area contributed by atoms with Crippen molar-refractivity contribution in [2.45, 2.75) is 18.9 Å². The molecule has 19 heavy (non-hydrogen) atoms. The lowest BCUT2D eigenvalue weighted by Gasteiger charge is -2.23. The fraction of sp³-hybridized carbons (Fsp3) is 0.533. The lowest BCUT2D eigenvalue weighted by molar-refractivity contribution is 0.208. The highest BCUT2D eigenvalue weighted by atomic mass is 16.5. The van der Waals surface area contributed by atoms with Gasteiger partial charge in [0.05, 0.1) is 13.7 Å². The summed E-state index contributed by atoms with van der Waals surface area (Å²) in [4.78, 5) is 4.60. The zero-order valence-corrected chi connectivity index (χ0v) is 11.3. The molecule has 1 atom stereocenters. The quantitative estimate of drug-likeness (QED) is 0.905. The average Bonchev–Trinajstić information content (AvgIpc) is 2.98. The summed E-state index contributed by atoms with van der Waals surface area (Å²) < 4.78 is 11.2. The number of rotatable bonds is 3. The molecule has 102 valence electrons. The van der Waals surface area contributed by atoms with E-state index in [2.05, 4.69) is 22.4 Å². The predicted octanol–water partition coefficient (Wildman–Crippen LogP) is 2.16. The van der Waals surface area contributed by atoms with Gasteiger partial charge in [-0.3, -0.25) is 4.99 Å². The van der Waals surface area contributed by atoms with Gasteiger partial charge in [0.2, 0.25) is 0 Å². The van der Waals surface area contributed by atoms with Gasteiger partial charge in [-0.2, -0.15) is 0 Å². The van der Waals surface area contributed by atoms with E-state index >= 15 is 0 Å². The SMILES string of the molecule is COc1ccc(C2CN=C(C3CCNCC3)O2)cc1. The fourth-order valence-corrected chi connectivity index (χ4v) is 2.68. The first-order chi connectivity index (χ1) is 9.36. The normalized spacial score (nSPS) is 23.8. The Morgan fingerprint density at radius 2 is 1.95 bits per heavy atom. The van der Waals surface area contributed by atoms with E-state index in [1.54, 1.807) is 7.11 Å². The molecule has 1 aromatic rings. The molecule has 2 heterocycles. The molecule has 0 saturated carbocycles. The topological polar surface area (TPSA) is 42.8 Å². The molecule has 2 aliphatic rings. The second-order valence-corrected chi connectivity index (χ2v) is 5.08. The average molecular weight is 260 g/mol. The van der Waals surface area contributed by atoms with E-state index < -0.39 is 0 Å². The summed E-state index contributed by atoms with van der Waals surface area (Å²) in [7, 11) is 1.68. The van der Waals surface area contributed by atoms with Gasteiger partial charge < -0.3 is 14.8 Å². The van der Waals surface area contributed by atoms with Gasteiger partial charge in [0.1, 0.15) is 11.9 Å². The first-order valence-corrected chi connectivity index (χ1v) is 6.92. The van der Waals surface area contributed by atoms with Crippen LogP contribution in [0.4, 0.5) is 0 Å². The number of piperidine rings is 1. The predicted molar refractivity (Wildman–Crippen MR) is 74.7 cm³/mol.